The summed E-state index contributed by atoms with van der Waals surface area (Å²) in [5, 5.41) is 3.96. The molecule has 118 valence electrons. The maximum Gasteiger partial charge on any atom is 0.0197 e. The number of hydrogen-bond donors (Lipinski definition) is 1. The van der Waals surface area contributed by atoms with Gasteiger partial charge in [0.1, 0.15) is 0 Å². The lowest BCUT2D eigenvalue weighted by atomic mass is 9.43. The summed E-state index contributed by atoms with van der Waals surface area (Å²) in [6, 6.07) is 10.6. The van der Waals surface area contributed by atoms with Crippen molar-refractivity contribution >= 4 is 6.08 Å². The molecule has 0 saturated heterocycles. The first-order valence-electron chi connectivity index (χ1n) is 8.95. The van der Waals surface area contributed by atoms with Crippen molar-refractivity contribution in [3.05, 3.63) is 42.0 Å². The third-order valence-corrected chi connectivity index (χ3v) is 6.33. The molecule has 0 radical (unpaired) electrons. The first-order valence-corrected chi connectivity index (χ1v) is 8.95. The Labute approximate surface area is 135 Å². The number of rotatable bonds is 4. The highest BCUT2D eigenvalue weighted by molar-refractivity contribution is 5.48. The molecule has 22 heavy (non-hydrogen) atoms. The van der Waals surface area contributed by atoms with Crippen molar-refractivity contribution in [1.82, 2.24) is 5.32 Å². The van der Waals surface area contributed by atoms with Crippen molar-refractivity contribution in [2.75, 3.05) is 6.54 Å². The predicted molar refractivity (Wildman–Crippen MR) is 93.6 cm³/mol. The van der Waals surface area contributed by atoms with Crippen LogP contribution < -0.4 is 5.32 Å². The third-order valence-electron chi connectivity index (χ3n) is 6.33. The fourth-order valence-electron chi connectivity index (χ4n) is 6.68. The van der Waals surface area contributed by atoms with E-state index in [1.807, 2.05) is 0 Å². The van der Waals surface area contributed by atoms with Gasteiger partial charge in [0.05, 0.1) is 0 Å². The minimum Gasteiger partial charge on any atom is -0.308 e. The van der Waals surface area contributed by atoms with Gasteiger partial charge in [-0.25, -0.2) is 0 Å². The minimum absolute atomic E-state index is 0.421. The fraction of sp³-hybridized carbons (Fsp3) is 0.619. The summed E-state index contributed by atoms with van der Waals surface area (Å²) >= 11 is 0. The van der Waals surface area contributed by atoms with Crippen LogP contribution in [0.4, 0.5) is 0 Å². The molecular formula is C21H29N. The lowest BCUT2D eigenvalue weighted by molar-refractivity contribution is -0.116. The standard InChI is InChI=1S/C21H29N/c1-19-11-18-12-20(2,14-19)16-21(13-18,15-19)22-10-6-9-17-7-4-3-5-8-17/h3-9,18,22H,10-16H2,1-2H3. The quantitative estimate of drug-likeness (QED) is 0.820. The molecule has 4 saturated carbocycles. The van der Waals surface area contributed by atoms with Gasteiger partial charge in [-0.2, -0.15) is 0 Å². The minimum atomic E-state index is 0.421. The van der Waals surface area contributed by atoms with Crippen molar-refractivity contribution in [1.29, 1.82) is 0 Å². The second kappa shape index (κ2) is 4.96. The van der Waals surface area contributed by atoms with Crippen LogP contribution >= 0.6 is 0 Å². The zero-order chi connectivity index (χ0) is 15.3. The van der Waals surface area contributed by atoms with E-state index in [9.17, 15) is 0 Å². The van der Waals surface area contributed by atoms with E-state index in [0.29, 0.717) is 16.4 Å². The van der Waals surface area contributed by atoms with Crippen LogP contribution in [0.5, 0.6) is 0 Å². The Morgan fingerprint density at radius 2 is 1.68 bits per heavy atom. The van der Waals surface area contributed by atoms with Crippen LogP contribution in [0.15, 0.2) is 36.4 Å². The van der Waals surface area contributed by atoms with Gasteiger partial charge in [0.15, 0.2) is 0 Å². The van der Waals surface area contributed by atoms with Crippen LogP contribution in [0, 0.1) is 16.7 Å². The second-order valence-electron chi connectivity index (χ2n) is 9.10. The Kier molecular flexibility index (Phi) is 3.27. The van der Waals surface area contributed by atoms with Gasteiger partial charge in [-0.15, -0.1) is 0 Å². The molecule has 1 aromatic rings. The van der Waals surface area contributed by atoms with Gasteiger partial charge in [-0.05, 0) is 60.8 Å². The maximum absolute atomic E-state index is 3.96. The third kappa shape index (κ3) is 2.65. The average molecular weight is 295 g/mol. The number of hydrogen-bond acceptors (Lipinski definition) is 1. The molecule has 2 unspecified atom stereocenters. The molecule has 1 nitrogen and oxygen atoms in total. The Morgan fingerprint density at radius 1 is 1.00 bits per heavy atom. The van der Waals surface area contributed by atoms with E-state index in [0.717, 1.165) is 12.5 Å². The smallest absolute Gasteiger partial charge is 0.0197 e. The van der Waals surface area contributed by atoms with Crippen molar-refractivity contribution in [2.24, 2.45) is 16.7 Å². The van der Waals surface area contributed by atoms with Crippen molar-refractivity contribution in [3.8, 4) is 0 Å². The average Bonchev–Trinajstić information content (AvgIpc) is 2.41. The van der Waals surface area contributed by atoms with E-state index < -0.39 is 0 Å². The molecule has 0 spiro atoms. The van der Waals surface area contributed by atoms with Gasteiger partial charge in [0.2, 0.25) is 0 Å². The van der Waals surface area contributed by atoms with Gasteiger partial charge in [0.25, 0.3) is 0 Å². The fourth-order valence-corrected chi connectivity index (χ4v) is 6.68. The summed E-state index contributed by atoms with van der Waals surface area (Å²) in [6.07, 6.45) is 13.2. The molecule has 0 amide bonds. The maximum atomic E-state index is 3.96. The highest BCUT2D eigenvalue weighted by atomic mass is 15.0. The molecular weight excluding hydrogens is 266 g/mol. The Bertz CT molecular complexity index is 555. The SMILES string of the molecule is CC12CC3CC(C)(C1)CC(NCC=Cc1ccccc1)(C3)C2. The molecule has 1 aromatic carbocycles. The first kappa shape index (κ1) is 14.5. The zero-order valence-corrected chi connectivity index (χ0v) is 14.1. The molecule has 0 aromatic heterocycles. The van der Waals surface area contributed by atoms with Crippen LogP contribution in [-0.2, 0) is 0 Å². The summed E-state index contributed by atoms with van der Waals surface area (Å²) in [7, 11) is 0. The van der Waals surface area contributed by atoms with Crippen LogP contribution in [0.1, 0.15) is 57.9 Å². The first-order chi connectivity index (χ1) is 10.5. The Morgan fingerprint density at radius 3 is 2.32 bits per heavy atom. The Balaban J connectivity index is 1.43. The molecule has 4 bridgehead atoms. The van der Waals surface area contributed by atoms with E-state index in [2.05, 4.69) is 61.6 Å². The summed E-state index contributed by atoms with van der Waals surface area (Å²) < 4.78 is 0. The molecule has 0 heterocycles. The van der Waals surface area contributed by atoms with Gasteiger partial charge >= 0.3 is 0 Å². The van der Waals surface area contributed by atoms with Crippen LogP contribution in [0.25, 0.3) is 6.08 Å². The van der Waals surface area contributed by atoms with E-state index in [-0.39, 0.29) is 0 Å². The van der Waals surface area contributed by atoms with Crippen molar-refractivity contribution in [3.63, 3.8) is 0 Å². The number of nitrogens with one attached hydrogen (secondary N) is 1. The molecule has 4 aliphatic rings. The van der Waals surface area contributed by atoms with E-state index in [1.54, 1.807) is 0 Å². The largest absolute Gasteiger partial charge is 0.308 e. The zero-order valence-electron chi connectivity index (χ0n) is 14.1. The van der Waals surface area contributed by atoms with Crippen LogP contribution in [-0.4, -0.2) is 12.1 Å². The highest BCUT2D eigenvalue weighted by Gasteiger charge is 2.59. The molecule has 2 atom stereocenters. The van der Waals surface area contributed by atoms with Crippen LogP contribution in [0.3, 0.4) is 0 Å². The predicted octanol–water partition coefficient (Wildman–Crippen LogP) is 5.04. The van der Waals surface area contributed by atoms with E-state index in [1.165, 1.54) is 44.1 Å². The monoisotopic (exact) mass is 295 g/mol. The number of benzene rings is 1. The normalized spacial score (nSPS) is 43.1. The summed E-state index contributed by atoms with van der Waals surface area (Å²) in [4.78, 5) is 0. The Hall–Kier alpha value is -1.08. The lowest BCUT2D eigenvalue weighted by Crippen LogP contribution is -2.64. The summed E-state index contributed by atoms with van der Waals surface area (Å²) in [5.41, 5.74) is 2.92. The molecule has 4 fully saturated rings. The second-order valence-corrected chi connectivity index (χ2v) is 9.10. The van der Waals surface area contributed by atoms with Gasteiger partial charge in [-0.3, -0.25) is 0 Å². The topological polar surface area (TPSA) is 12.0 Å². The van der Waals surface area contributed by atoms with Gasteiger partial charge in [0, 0.05) is 12.1 Å². The van der Waals surface area contributed by atoms with E-state index in [4.69, 9.17) is 0 Å². The molecule has 0 aliphatic heterocycles. The van der Waals surface area contributed by atoms with Gasteiger partial charge < -0.3 is 5.32 Å². The van der Waals surface area contributed by atoms with Crippen molar-refractivity contribution in [2.45, 2.75) is 57.9 Å². The summed E-state index contributed by atoms with van der Waals surface area (Å²) in [6.45, 7) is 6.10. The molecule has 1 N–H and O–H groups in total. The van der Waals surface area contributed by atoms with Crippen LogP contribution in [0.2, 0.25) is 0 Å². The van der Waals surface area contributed by atoms with Crippen molar-refractivity contribution < 1.29 is 0 Å². The van der Waals surface area contributed by atoms with E-state index >= 15 is 0 Å². The summed E-state index contributed by atoms with van der Waals surface area (Å²) in [5.74, 6) is 0.969. The lowest BCUT2D eigenvalue weighted by Gasteiger charge is -2.65. The molecule has 5 rings (SSSR count). The highest BCUT2D eigenvalue weighted by Crippen LogP contribution is 2.66. The molecule has 4 aliphatic carbocycles. The molecule has 1 heteroatoms. The van der Waals surface area contributed by atoms with Gasteiger partial charge in [-0.1, -0.05) is 56.3 Å².